The van der Waals surface area contributed by atoms with Gasteiger partial charge in [0.05, 0.1) is 0 Å². The molecule has 0 bridgehead atoms. The van der Waals surface area contributed by atoms with Gasteiger partial charge in [0.25, 0.3) is 0 Å². The Hall–Kier alpha value is -2.28. The first kappa shape index (κ1) is 14.6. The van der Waals surface area contributed by atoms with Gasteiger partial charge in [0.2, 0.25) is 10.9 Å². The predicted octanol–water partition coefficient (Wildman–Crippen LogP) is 3.29. The maximum atomic E-state index is 11.7. The van der Waals surface area contributed by atoms with Gasteiger partial charge in [0.15, 0.2) is 5.82 Å². The summed E-state index contributed by atoms with van der Waals surface area (Å²) in [5.74, 6) is 0.835. The van der Waals surface area contributed by atoms with Crippen LogP contribution >= 0.6 is 11.3 Å². The van der Waals surface area contributed by atoms with E-state index in [0.29, 0.717) is 6.42 Å². The molecular formula is C15H17N5OS. The average Bonchev–Trinajstić information content (AvgIpc) is 3.08. The normalized spacial score (nSPS) is 11.0. The molecule has 0 radical (unpaired) electrons. The lowest BCUT2D eigenvalue weighted by Crippen LogP contribution is -2.10. The summed E-state index contributed by atoms with van der Waals surface area (Å²) in [4.78, 5) is 12.5. The number of amides is 1. The minimum absolute atomic E-state index is 0.0593. The van der Waals surface area contributed by atoms with Gasteiger partial charge in [-0.15, -0.1) is 10.2 Å². The molecule has 6 nitrogen and oxygen atoms in total. The fourth-order valence-corrected chi connectivity index (χ4v) is 2.98. The highest BCUT2D eigenvalue weighted by atomic mass is 32.1. The summed E-state index contributed by atoms with van der Waals surface area (Å²) in [5, 5.41) is 16.3. The molecular weight excluding hydrogens is 298 g/mol. The molecule has 0 saturated carbocycles. The van der Waals surface area contributed by atoms with Crippen molar-refractivity contribution in [1.29, 1.82) is 0 Å². The van der Waals surface area contributed by atoms with E-state index in [1.54, 1.807) is 4.52 Å². The second-order valence-corrected chi connectivity index (χ2v) is 6.03. The lowest BCUT2D eigenvalue weighted by atomic mass is 10.2. The number of nitrogens with one attached hydrogen (secondary N) is 1. The van der Waals surface area contributed by atoms with E-state index in [1.807, 2.05) is 31.2 Å². The van der Waals surface area contributed by atoms with Crippen molar-refractivity contribution in [1.82, 2.24) is 19.8 Å². The van der Waals surface area contributed by atoms with Gasteiger partial charge in [0, 0.05) is 17.7 Å². The Kier molecular flexibility index (Phi) is 4.15. The minimum atomic E-state index is 0.0593. The van der Waals surface area contributed by atoms with Gasteiger partial charge in [-0.25, -0.2) is 0 Å². The highest BCUT2D eigenvalue weighted by molar-refractivity contribution is 7.19. The highest BCUT2D eigenvalue weighted by Crippen LogP contribution is 2.26. The zero-order valence-electron chi connectivity index (χ0n) is 12.5. The Balaban J connectivity index is 1.74. The first-order valence-corrected chi connectivity index (χ1v) is 8.08. The molecule has 1 N–H and O–H groups in total. The molecule has 0 aliphatic heterocycles. The van der Waals surface area contributed by atoms with Crippen LogP contribution in [0.15, 0.2) is 24.3 Å². The molecule has 2 aromatic heterocycles. The molecule has 1 aromatic carbocycles. The summed E-state index contributed by atoms with van der Waals surface area (Å²) in [6, 6.07) is 7.70. The number of aromatic nitrogens is 4. The number of nitrogens with zero attached hydrogens (tertiary/aromatic N) is 4. The van der Waals surface area contributed by atoms with Gasteiger partial charge in [-0.3, -0.25) is 4.79 Å². The number of anilines is 1. The fourth-order valence-electron chi connectivity index (χ4n) is 2.09. The maximum Gasteiger partial charge on any atom is 0.234 e. The smallest absolute Gasteiger partial charge is 0.234 e. The number of aryl methyl sites for hydroxylation is 1. The van der Waals surface area contributed by atoms with E-state index in [1.165, 1.54) is 11.3 Å². The lowest BCUT2D eigenvalue weighted by Gasteiger charge is -2.05. The van der Waals surface area contributed by atoms with Crippen LogP contribution in [0.4, 0.5) is 5.69 Å². The van der Waals surface area contributed by atoms with Crippen molar-refractivity contribution < 1.29 is 4.79 Å². The van der Waals surface area contributed by atoms with Crippen LogP contribution in [-0.2, 0) is 4.79 Å². The molecule has 1 amide bonds. The van der Waals surface area contributed by atoms with Crippen molar-refractivity contribution >= 4 is 27.9 Å². The first-order valence-electron chi connectivity index (χ1n) is 7.26. The number of carbonyl (C=O) groups is 1. The van der Waals surface area contributed by atoms with Crippen molar-refractivity contribution in [2.45, 2.75) is 33.1 Å². The summed E-state index contributed by atoms with van der Waals surface area (Å²) < 4.78 is 1.74. The highest BCUT2D eigenvalue weighted by Gasteiger charge is 2.10. The van der Waals surface area contributed by atoms with Crippen LogP contribution in [-0.4, -0.2) is 25.7 Å². The number of unbranched alkanes of at least 4 members (excludes halogenated alkanes) is 1. The molecule has 3 rings (SSSR count). The topological polar surface area (TPSA) is 72.2 Å². The number of fused-ring (bicyclic) bond motifs is 1. The fraction of sp³-hybridized carbons (Fsp3) is 0.333. The van der Waals surface area contributed by atoms with Crippen molar-refractivity contribution in [3.8, 4) is 10.6 Å². The Morgan fingerprint density at radius 1 is 1.27 bits per heavy atom. The van der Waals surface area contributed by atoms with Crippen LogP contribution < -0.4 is 5.32 Å². The Labute approximate surface area is 132 Å². The number of hydrogen-bond donors (Lipinski definition) is 1. The van der Waals surface area contributed by atoms with Crippen molar-refractivity contribution in [2.24, 2.45) is 0 Å². The second kappa shape index (κ2) is 6.23. The van der Waals surface area contributed by atoms with Gasteiger partial charge >= 0.3 is 0 Å². The molecule has 22 heavy (non-hydrogen) atoms. The number of rotatable bonds is 5. The monoisotopic (exact) mass is 315 g/mol. The molecule has 0 unspecified atom stereocenters. The lowest BCUT2D eigenvalue weighted by molar-refractivity contribution is -0.116. The molecule has 3 aromatic rings. The summed E-state index contributed by atoms with van der Waals surface area (Å²) in [7, 11) is 0. The summed E-state index contributed by atoms with van der Waals surface area (Å²) in [6.07, 6.45) is 2.50. The van der Waals surface area contributed by atoms with Gasteiger partial charge in [-0.1, -0.05) is 24.7 Å². The Morgan fingerprint density at radius 3 is 2.73 bits per heavy atom. The van der Waals surface area contributed by atoms with Gasteiger partial charge in [0.1, 0.15) is 5.01 Å². The zero-order chi connectivity index (χ0) is 15.5. The third kappa shape index (κ3) is 2.99. The number of benzene rings is 1. The van der Waals surface area contributed by atoms with Crippen LogP contribution in [0.5, 0.6) is 0 Å². The van der Waals surface area contributed by atoms with E-state index < -0.39 is 0 Å². The van der Waals surface area contributed by atoms with Crippen molar-refractivity contribution in [3.63, 3.8) is 0 Å². The van der Waals surface area contributed by atoms with Crippen LogP contribution in [0.2, 0.25) is 0 Å². The van der Waals surface area contributed by atoms with E-state index in [9.17, 15) is 4.79 Å². The molecule has 0 spiro atoms. The molecule has 114 valence electrons. The third-order valence-corrected chi connectivity index (χ3v) is 4.27. The van der Waals surface area contributed by atoms with Gasteiger partial charge < -0.3 is 5.32 Å². The summed E-state index contributed by atoms with van der Waals surface area (Å²) in [6.45, 7) is 3.95. The summed E-state index contributed by atoms with van der Waals surface area (Å²) in [5.41, 5.74) is 1.81. The predicted molar refractivity (Wildman–Crippen MR) is 87.0 cm³/mol. The first-order chi connectivity index (χ1) is 10.7. The van der Waals surface area contributed by atoms with Crippen molar-refractivity contribution in [2.75, 3.05) is 5.32 Å². The second-order valence-electron chi connectivity index (χ2n) is 5.08. The van der Waals surface area contributed by atoms with E-state index in [0.717, 1.165) is 39.9 Å². The van der Waals surface area contributed by atoms with Crippen LogP contribution in [0.3, 0.4) is 0 Å². The van der Waals surface area contributed by atoms with E-state index in [2.05, 4.69) is 27.5 Å². The number of hydrogen-bond acceptors (Lipinski definition) is 5. The zero-order valence-corrected chi connectivity index (χ0v) is 13.4. The quantitative estimate of drug-likeness (QED) is 0.784. The largest absolute Gasteiger partial charge is 0.326 e. The van der Waals surface area contributed by atoms with Crippen LogP contribution in [0, 0.1) is 6.92 Å². The molecule has 0 aliphatic carbocycles. The van der Waals surface area contributed by atoms with Gasteiger partial charge in [-0.2, -0.15) is 9.61 Å². The van der Waals surface area contributed by atoms with Crippen LogP contribution in [0.25, 0.3) is 15.5 Å². The minimum Gasteiger partial charge on any atom is -0.326 e. The average molecular weight is 315 g/mol. The maximum absolute atomic E-state index is 11.7. The third-order valence-electron chi connectivity index (χ3n) is 3.32. The Morgan fingerprint density at radius 2 is 2.05 bits per heavy atom. The summed E-state index contributed by atoms with van der Waals surface area (Å²) >= 11 is 1.49. The van der Waals surface area contributed by atoms with Crippen molar-refractivity contribution in [3.05, 3.63) is 30.1 Å². The molecule has 0 aliphatic rings. The van der Waals surface area contributed by atoms with E-state index in [-0.39, 0.29) is 5.91 Å². The molecule has 7 heteroatoms. The molecule has 0 fully saturated rings. The number of carbonyl (C=O) groups excluding carboxylic acids is 1. The van der Waals surface area contributed by atoms with E-state index in [4.69, 9.17) is 0 Å². The van der Waals surface area contributed by atoms with E-state index >= 15 is 0 Å². The standard InChI is InChI=1S/C15H17N5OS/c1-3-4-5-13(21)16-12-8-6-11(7-9-12)14-19-20-10(2)17-18-15(20)22-14/h6-9H,3-5H2,1-2H3,(H,16,21). The Bertz CT molecular complexity index is 790. The van der Waals surface area contributed by atoms with Gasteiger partial charge in [-0.05, 0) is 37.6 Å². The molecule has 0 saturated heterocycles. The molecule has 2 heterocycles. The molecule has 0 atom stereocenters. The SMILES string of the molecule is CCCCC(=O)Nc1ccc(-c2nn3c(C)nnc3s2)cc1. The van der Waals surface area contributed by atoms with Crippen LogP contribution in [0.1, 0.15) is 32.0 Å².